The highest BCUT2D eigenvalue weighted by atomic mass is 16.3. The van der Waals surface area contributed by atoms with Crippen LogP contribution in [-0.2, 0) is 0 Å². The molecule has 0 atom stereocenters. The van der Waals surface area contributed by atoms with Gasteiger partial charge < -0.3 is 9.32 Å². The Labute approximate surface area is 152 Å². The van der Waals surface area contributed by atoms with E-state index < -0.39 is 0 Å². The second-order valence-corrected chi connectivity index (χ2v) is 5.80. The van der Waals surface area contributed by atoms with E-state index in [1.54, 1.807) is 12.5 Å². The number of benzene rings is 3. The zero-order valence-electron chi connectivity index (χ0n) is 14.2. The van der Waals surface area contributed by atoms with E-state index in [-0.39, 0.29) is 0 Å². The minimum Gasteiger partial charge on any atom is -0.463 e. The summed E-state index contributed by atoms with van der Waals surface area (Å²) in [5.74, 6) is 0.740. The van der Waals surface area contributed by atoms with Crippen LogP contribution in [0.15, 0.2) is 113 Å². The molecule has 126 valence electrons. The van der Waals surface area contributed by atoms with Crippen LogP contribution >= 0.6 is 0 Å². The lowest BCUT2D eigenvalue weighted by Crippen LogP contribution is -2.09. The molecule has 0 radical (unpaired) electrons. The average Bonchev–Trinajstić information content (AvgIpc) is 3.23. The lowest BCUT2D eigenvalue weighted by Gasteiger charge is -2.25. The van der Waals surface area contributed by atoms with Crippen LogP contribution in [0.5, 0.6) is 0 Å². The molecule has 0 saturated carbocycles. The molecule has 3 aromatic carbocycles. The maximum atomic E-state index is 5.28. The normalized spacial score (nSPS) is 10.9. The number of hydrogen-bond donors (Lipinski definition) is 0. The van der Waals surface area contributed by atoms with Gasteiger partial charge in [-0.2, -0.15) is 0 Å². The highest BCUT2D eigenvalue weighted by molar-refractivity contribution is 5.80. The number of rotatable bonds is 5. The molecule has 0 aliphatic carbocycles. The van der Waals surface area contributed by atoms with Crippen LogP contribution in [0.4, 0.5) is 22.7 Å². The molecule has 0 spiro atoms. The van der Waals surface area contributed by atoms with Gasteiger partial charge in [-0.15, -0.1) is 0 Å². The van der Waals surface area contributed by atoms with E-state index in [1.165, 1.54) is 0 Å². The van der Waals surface area contributed by atoms with E-state index in [2.05, 4.69) is 46.3 Å². The minimum atomic E-state index is 0.740. The SMILES string of the molecule is C(=Nc1ccc(N(c2ccccc2)c2ccccc2)cc1)c1ccco1. The molecular formula is C23H18N2O. The number of para-hydroxylation sites is 2. The monoisotopic (exact) mass is 338 g/mol. The van der Waals surface area contributed by atoms with Crippen LogP contribution in [-0.4, -0.2) is 6.21 Å². The van der Waals surface area contributed by atoms with Crippen molar-refractivity contribution in [1.29, 1.82) is 0 Å². The Morgan fingerprint density at radius 3 is 1.73 bits per heavy atom. The van der Waals surface area contributed by atoms with Crippen LogP contribution in [0.1, 0.15) is 5.76 Å². The standard InChI is InChI=1S/C23H18N2O/c1-3-8-20(9-4-1)25(21-10-5-2-6-11-21)22-15-13-19(14-16-22)24-18-23-12-7-17-26-23/h1-18H. The molecule has 0 amide bonds. The molecule has 26 heavy (non-hydrogen) atoms. The fourth-order valence-electron chi connectivity index (χ4n) is 2.79. The summed E-state index contributed by atoms with van der Waals surface area (Å²) in [4.78, 5) is 6.68. The molecule has 3 heteroatoms. The summed E-state index contributed by atoms with van der Waals surface area (Å²) in [5.41, 5.74) is 4.20. The van der Waals surface area contributed by atoms with Crippen molar-refractivity contribution in [1.82, 2.24) is 0 Å². The van der Waals surface area contributed by atoms with Crippen molar-refractivity contribution in [2.45, 2.75) is 0 Å². The summed E-state index contributed by atoms with van der Waals surface area (Å²) in [5, 5.41) is 0. The molecule has 1 aromatic heterocycles. The maximum Gasteiger partial charge on any atom is 0.144 e. The summed E-state index contributed by atoms with van der Waals surface area (Å²) >= 11 is 0. The van der Waals surface area contributed by atoms with E-state index in [0.29, 0.717) is 0 Å². The summed E-state index contributed by atoms with van der Waals surface area (Å²) in [6.07, 6.45) is 3.36. The summed E-state index contributed by atoms with van der Waals surface area (Å²) in [7, 11) is 0. The fourth-order valence-corrected chi connectivity index (χ4v) is 2.79. The molecule has 0 aliphatic rings. The van der Waals surface area contributed by atoms with Gasteiger partial charge in [-0.25, -0.2) is 0 Å². The molecular weight excluding hydrogens is 320 g/mol. The Balaban J connectivity index is 1.66. The van der Waals surface area contributed by atoms with Gasteiger partial charge in [0, 0.05) is 17.1 Å². The van der Waals surface area contributed by atoms with Crippen molar-refractivity contribution < 1.29 is 4.42 Å². The van der Waals surface area contributed by atoms with Crippen LogP contribution in [0.25, 0.3) is 0 Å². The molecule has 0 bridgehead atoms. The summed E-state index contributed by atoms with van der Waals surface area (Å²) in [6.45, 7) is 0. The number of furan rings is 1. The number of anilines is 3. The molecule has 0 unspecified atom stereocenters. The van der Waals surface area contributed by atoms with Gasteiger partial charge in [-0.1, -0.05) is 36.4 Å². The Morgan fingerprint density at radius 2 is 1.19 bits per heavy atom. The number of aliphatic imine (C=N–C) groups is 1. The molecule has 0 N–H and O–H groups in total. The van der Waals surface area contributed by atoms with E-state index in [9.17, 15) is 0 Å². The smallest absolute Gasteiger partial charge is 0.144 e. The fraction of sp³-hybridized carbons (Fsp3) is 0. The first-order valence-corrected chi connectivity index (χ1v) is 8.48. The van der Waals surface area contributed by atoms with Gasteiger partial charge in [-0.3, -0.25) is 4.99 Å². The summed E-state index contributed by atoms with van der Waals surface area (Å²) < 4.78 is 5.28. The largest absolute Gasteiger partial charge is 0.463 e. The van der Waals surface area contributed by atoms with Crippen LogP contribution < -0.4 is 4.90 Å². The summed E-state index contributed by atoms with van der Waals surface area (Å²) in [6, 6.07) is 32.6. The average molecular weight is 338 g/mol. The van der Waals surface area contributed by atoms with Crippen molar-refractivity contribution >= 4 is 29.0 Å². The highest BCUT2D eigenvalue weighted by Crippen LogP contribution is 2.34. The van der Waals surface area contributed by atoms with Gasteiger partial charge in [0.05, 0.1) is 18.2 Å². The Kier molecular flexibility index (Phi) is 4.61. The first-order valence-electron chi connectivity index (χ1n) is 8.48. The Morgan fingerprint density at radius 1 is 0.615 bits per heavy atom. The van der Waals surface area contributed by atoms with Crippen molar-refractivity contribution in [3.8, 4) is 0 Å². The van der Waals surface area contributed by atoms with Gasteiger partial charge in [0.25, 0.3) is 0 Å². The van der Waals surface area contributed by atoms with E-state index in [1.807, 2.05) is 60.7 Å². The highest BCUT2D eigenvalue weighted by Gasteiger charge is 2.11. The third kappa shape index (κ3) is 3.57. The van der Waals surface area contributed by atoms with Crippen molar-refractivity contribution in [3.05, 3.63) is 109 Å². The van der Waals surface area contributed by atoms with E-state index in [4.69, 9.17) is 4.42 Å². The van der Waals surface area contributed by atoms with Crippen LogP contribution in [0, 0.1) is 0 Å². The molecule has 4 rings (SSSR count). The maximum absolute atomic E-state index is 5.28. The van der Waals surface area contributed by atoms with Gasteiger partial charge in [0.1, 0.15) is 5.76 Å². The number of hydrogen-bond acceptors (Lipinski definition) is 3. The van der Waals surface area contributed by atoms with Gasteiger partial charge >= 0.3 is 0 Å². The molecule has 0 saturated heterocycles. The third-order valence-corrected chi connectivity index (χ3v) is 4.02. The number of nitrogens with zero attached hydrogens (tertiary/aromatic N) is 2. The van der Waals surface area contributed by atoms with Gasteiger partial charge in [0.15, 0.2) is 0 Å². The van der Waals surface area contributed by atoms with Crippen molar-refractivity contribution in [3.63, 3.8) is 0 Å². The van der Waals surface area contributed by atoms with E-state index in [0.717, 1.165) is 28.5 Å². The van der Waals surface area contributed by atoms with E-state index >= 15 is 0 Å². The van der Waals surface area contributed by atoms with Crippen molar-refractivity contribution in [2.24, 2.45) is 4.99 Å². The zero-order chi connectivity index (χ0) is 17.6. The second-order valence-electron chi connectivity index (χ2n) is 5.80. The topological polar surface area (TPSA) is 28.7 Å². The lowest BCUT2D eigenvalue weighted by atomic mass is 10.2. The molecule has 1 heterocycles. The third-order valence-electron chi connectivity index (χ3n) is 4.02. The molecule has 0 fully saturated rings. The van der Waals surface area contributed by atoms with Crippen molar-refractivity contribution in [2.75, 3.05) is 4.90 Å². The van der Waals surface area contributed by atoms with Gasteiger partial charge in [0.2, 0.25) is 0 Å². The van der Waals surface area contributed by atoms with Gasteiger partial charge in [-0.05, 0) is 60.7 Å². The predicted octanol–water partition coefficient (Wildman–Crippen LogP) is 6.50. The van der Waals surface area contributed by atoms with Crippen LogP contribution in [0.3, 0.4) is 0 Å². The minimum absolute atomic E-state index is 0.740. The Bertz CT molecular complexity index is 920. The second kappa shape index (κ2) is 7.53. The zero-order valence-corrected chi connectivity index (χ0v) is 14.2. The van der Waals surface area contributed by atoms with Crippen LogP contribution in [0.2, 0.25) is 0 Å². The first-order chi connectivity index (χ1) is 12.9. The Hall–Kier alpha value is -3.59. The first kappa shape index (κ1) is 15.9. The predicted molar refractivity (Wildman–Crippen MR) is 107 cm³/mol. The lowest BCUT2D eigenvalue weighted by molar-refractivity contribution is 0.560. The molecule has 0 aliphatic heterocycles. The quantitative estimate of drug-likeness (QED) is 0.389. The molecule has 4 aromatic rings. The molecule has 3 nitrogen and oxygen atoms in total.